The van der Waals surface area contributed by atoms with E-state index in [0.717, 1.165) is 24.0 Å². The van der Waals surface area contributed by atoms with Gasteiger partial charge >= 0.3 is 0 Å². The van der Waals surface area contributed by atoms with Crippen LogP contribution in [0.2, 0.25) is 0 Å². The number of nitrogens with two attached hydrogens (primary N) is 1. The van der Waals surface area contributed by atoms with E-state index in [1.807, 2.05) is 24.3 Å². The summed E-state index contributed by atoms with van der Waals surface area (Å²) in [5.41, 5.74) is 8.71. The minimum Gasteiger partial charge on any atom is -0.352 e. The molecule has 132 valence electrons. The second-order valence-corrected chi connectivity index (χ2v) is 5.89. The van der Waals surface area contributed by atoms with E-state index < -0.39 is 0 Å². The highest BCUT2D eigenvalue weighted by atomic mass is 16.2. The Bertz CT molecular complexity index is 694. The van der Waals surface area contributed by atoms with Crippen molar-refractivity contribution >= 4 is 11.8 Å². The van der Waals surface area contributed by atoms with Gasteiger partial charge in [0.05, 0.1) is 0 Å². The maximum atomic E-state index is 12.1. The van der Waals surface area contributed by atoms with Crippen molar-refractivity contribution < 1.29 is 9.59 Å². The third-order valence-corrected chi connectivity index (χ3v) is 3.94. The average molecular weight is 339 g/mol. The predicted molar refractivity (Wildman–Crippen MR) is 99.2 cm³/mol. The quantitative estimate of drug-likeness (QED) is 0.646. The van der Waals surface area contributed by atoms with E-state index in [0.29, 0.717) is 30.8 Å². The Morgan fingerprint density at radius 1 is 0.840 bits per heavy atom. The smallest absolute Gasteiger partial charge is 0.251 e. The molecule has 25 heavy (non-hydrogen) atoms. The molecular weight excluding hydrogens is 314 g/mol. The van der Waals surface area contributed by atoms with Crippen LogP contribution in [0.1, 0.15) is 51.6 Å². The van der Waals surface area contributed by atoms with E-state index >= 15 is 0 Å². The molecule has 0 saturated carbocycles. The molecular formula is C20H25N3O2. The fourth-order valence-corrected chi connectivity index (χ4v) is 2.33. The van der Waals surface area contributed by atoms with Crippen LogP contribution in [0.3, 0.4) is 0 Å². The van der Waals surface area contributed by atoms with Crippen LogP contribution in [-0.4, -0.2) is 18.4 Å². The van der Waals surface area contributed by atoms with Gasteiger partial charge in [0.1, 0.15) is 0 Å². The van der Waals surface area contributed by atoms with Gasteiger partial charge in [0, 0.05) is 30.8 Å². The molecule has 0 aromatic heterocycles. The Kier molecular flexibility index (Phi) is 7.16. The lowest BCUT2D eigenvalue weighted by atomic mass is 10.1. The van der Waals surface area contributed by atoms with Gasteiger partial charge in [0.2, 0.25) is 0 Å². The molecule has 0 aliphatic heterocycles. The number of carbonyl (C=O) groups excluding carboxylic acids is 2. The first-order valence-corrected chi connectivity index (χ1v) is 8.58. The molecule has 0 bridgehead atoms. The van der Waals surface area contributed by atoms with Gasteiger partial charge in [-0.25, -0.2) is 0 Å². The van der Waals surface area contributed by atoms with E-state index in [1.54, 1.807) is 24.3 Å². The fourth-order valence-electron chi connectivity index (χ4n) is 2.33. The second-order valence-electron chi connectivity index (χ2n) is 5.89. The molecule has 2 aromatic rings. The zero-order valence-corrected chi connectivity index (χ0v) is 14.5. The van der Waals surface area contributed by atoms with Crippen molar-refractivity contribution in [2.24, 2.45) is 5.73 Å². The molecule has 2 rings (SSSR count). The third kappa shape index (κ3) is 5.72. The predicted octanol–water partition coefficient (Wildman–Crippen LogP) is 2.61. The van der Waals surface area contributed by atoms with Gasteiger partial charge in [0.15, 0.2) is 0 Å². The molecule has 0 aliphatic rings. The first-order valence-electron chi connectivity index (χ1n) is 8.58. The summed E-state index contributed by atoms with van der Waals surface area (Å²) in [6.07, 6.45) is 2.02. The van der Waals surface area contributed by atoms with Gasteiger partial charge in [-0.2, -0.15) is 0 Å². The van der Waals surface area contributed by atoms with Crippen molar-refractivity contribution in [2.45, 2.75) is 32.9 Å². The first kappa shape index (κ1) is 18.7. The maximum Gasteiger partial charge on any atom is 0.251 e. The third-order valence-electron chi connectivity index (χ3n) is 3.94. The van der Waals surface area contributed by atoms with Crippen molar-refractivity contribution in [1.29, 1.82) is 0 Å². The molecule has 0 atom stereocenters. The molecule has 2 aromatic carbocycles. The first-order chi connectivity index (χ1) is 12.1. The number of nitrogens with one attached hydrogen (secondary N) is 2. The molecule has 2 amide bonds. The molecule has 0 saturated heterocycles. The second kappa shape index (κ2) is 9.59. The summed E-state index contributed by atoms with van der Waals surface area (Å²) in [5.74, 6) is -0.200. The summed E-state index contributed by atoms with van der Waals surface area (Å²) in [5, 5.41) is 5.76. The molecule has 5 heteroatoms. The Labute approximate surface area is 148 Å². The Balaban J connectivity index is 1.86. The minimum atomic E-state index is -0.134. The monoisotopic (exact) mass is 339 g/mol. The number of unbranched alkanes of at least 4 members (excludes halogenated alkanes) is 1. The topological polar surface area (TPSA) is 84.2 Å². The molecule has 0 radical (unpaired) electrons. The van der Waals surface area contributed by atoms with E-state index in [4.69, 9.17) is 5.73 Å². The normalized spacial score (nSPS) is 10.3. The van der Waals surface area contributed by atoms with Crippen LogP contribution >= 0.6 is 0 Å². The van der Waals surface area contributed by atoms with E-state index in [2.05, 4.69) is 17.6 Å². The maximum absolute atomic E-state index is 12.1. The molecule has 0 heterocycles. The zero-order valence-electron chi connectivity index (χ0n) is 14.5. The van der Waals surface area contributed by atoms with Gasteiger partial charge in [-0.05, 0) is 41.8 Å². The van der Waals surface area contributed by atoms with Gasteiger partial charge in [-0.3, -0.25) is 9.59 Å². The van der Waals surface area contributed by atoms with Gasteiger partial charge < -0.3 is 16.4 Å². The van der Waals surface area contributed by atoms with Crippen molar-refractivity contribution in [2.75, 3.05) is 6.54 Å². The van der Waals surface area contributed by atoms with Crippen LogP contribution in [0.5, 0.6) is 0 Å². The summed E-state index contributed by atoms with van der Waals surface area (Å²) < 4.78 is 0. The van der Waals surface area contributed by atoms with Crippen molar-refractivity contribution in [3.63, 3.8) is 0 Å². The summed E-state index contributed by atoms with van der Waals surface area (Å²) in [7, 11) is 0. The Hall–Kier alpha value is -2.66. The number of hydrogen-bond acceptors (Lipinski definition) is 3. The summed E-state index contributed by atoms with van der Waals surface area (Å²) in [6, 6.07) is 14.5. The van der Waals surface area contributed by atoms with E-state index in [-0.39, 0.29) is 11.8 Å². The van der Waals surface area contributed by atoms with Crippen molar-refractivity contribution in [3.05, 3.63) is 70.8 Å². The number of carbonyl (C=O) groups is 2. The standard InChI is InChI=1S/C20H25N3O2/c1-2-3-12-22-19(24)17-10-6-16(7-11-17)14-23-20(25)18-8-4-15(13-21)5-9-18/h4-11H,2-3,12-14,21H2,1H3,(H,22,24)(H,23,25). The largest absolute Gasteiger partial charge is 0.352 e. The molecule has 5 nitrogen and oxygen atoms in total. The van der Waals surface area contributed by atoms with Crippen molar-refractivity contribution in [1.82, 2.24) is 10.6 Å². The van der Waals surface area contributed by atoms with Gasteiger partial charge in [-0.1, -0.05) is 37.6 Å². The van der Waals surface area contributed by atoms with Crippen LogP contribution in [0, 0.1) is 0 Å². The van der Waals surface area contributed by atoms with Crippen LogP contribution in [0.15, 0.2) is 48.5 Å². The number of hydrogen-bond donors (Lipinski definition) is 3. The molecule has 0 aliphatic carbocycles. The highest BCUT2D eigenvalue weighted by molar-refractivity contribution is 5.95. The van der Waals surface area contributed by atoms with Gasteiger partial charge in [0.25, 0.3) is 11.8 Å². The lowest BCUT2D eigenvalue weighted by Gasteiger charge is -2.08. The summed E-state index contributed by atoms with van der Waals surface area (Å²) in [6.45, 7) is 3.65. The molecule has 0 spiro atoms. The Morgan fingerprint density at radius 2 is 1.36 bits per heavy atom. The van der Waals surface area contributed by atoms with Crippen molar-refractivity contribution in [3.8, 4) is 0 Å². The van der Waals surface area contributed by atoms with E-state index in [9.17, 15) is 9.59 Å². The number of amides is 2. The lowest BCUT2D eigenvalue weighted by Crippen LogP contribution is -2.24. The summed E-state index contributed by atoms with van der Waals surface area (Å²) >= 11 is 0. The lowest BCUT2D eigenvalue weighted by molar-refractivity contribution is 0.0942. The molecule has 0 fully saturated rings. The zero-order chi connectivity index (χ0) is 18.1. The van der Waals surface area contributed by atoms with E-state index in [1.165, 1.54) is 0 Å². The highest BCUT2D eigenvalue weighted by Gasteiger charge is 2.07. The SMILES string of the molecule is CCCCNC(=O)c1ccc(CNC(=O)c2ccc(CN)cc2)cc1. The fraction of sp³-hybridized carbons (Fsp3) is 0.300. The minimum absolute atomic E-state index is 0.0657. The average Bonchev–Trinajstić information content (AvgIpc) is 2.66. The molecule has 4 N–H and O–H groups in total. The van der Waals surface area contributed by atoms with Gasteiger partial charge in [-0.15, -0.1) is 0 Å². The van der Waals surface area contributed by atoms with Crippen LogP contribution in [0.25, 0.3) is 0 Å². The highest BCUT2D eigenvalue weighted by Crippen LogP contribution is 2.07. The van der Waals surface area contributed by atoms with Crippen LogP contribution < -0.4 is 16.4 Å². The molecule has 0 unspecified atom stereocenters. The van der Waals surface area contributed by atoms with Crippen LogP contribution in [0.4, 0.5) is 0 Å². The Morgan fingerprint density at radius 3 is 1.88 bits per heavy atom. The number of benzene rings is 2. The summed E-state index contributed by atoms with van der Waals surface area (Å²) in [4.78, 5) is 24.1. The van der Waals surface area contributed by atoms with Crippen LogP contribution in [-0.2, 0) is 13.1 Å². The number of rotatable bonds is 8.